The Kier molecular flexibility index (Phi) is 6.16. The van der Waals surface area contributed by atoms with Crippen molar-refractivity contribution in [2.24, 2.45) is 0 Å². The molecule has 6 rings (SSSR count). The summed E-state index contributed by atoms with van der Waals surface area (Å²) < 4.78 is 17.4. The predicted octanol–water partition coefficient (Wildman–Crippen LogP) is 5.58. The van der Waals surface area contributed by atoms with Crippen molar-refractivity contribution in [1.82, 2.24) is 19.9 Å². The normalized spacial score (nSPS) is 14.1. The minimum atomic E-state index is -0.440. The van der Waals surface area contributed by atoms with E-state index < -0.39 is 11.5 Å². The first-order chi connectivity index (χ1) is 18.4. The molecule has 0 saturated carbocycles. The van der Waals surface area contributed by atoms with Crippen LogP contribution in [0.4, 0.5) is 10.2 Å². The van der Waals surface area contributed by atoms with E-state index in [-0.39, 0.29) is 11.6 Å². The van der Waals surface area contributed by atoms with E-state index in [1.54, 1.807) is 4.57 Å². The minimum absolute atomic E-state index is 0.167. The summed E-state index contributed by atoms with van der Waals surface area (Å²) in [6, 6.07) is 21.3. The van der Waals surface area contributed by atoms with Gasteiger partial charge in [-0.1, -0.05) is 68.4 Å². The van der Waals surface area contributed by atoms with E-state index in [1.165, 1.54) is 6.07 Å². The van der Waals surface area contributed by atoms with Gasteiger partial charge in [0.1, 0.15) is 17.3 Å². The van der Waals surface area contributed by atoms with Crippen molar-refractivity contribution >= 4 is 27.6 Å². The Labute approximate surface area is 220 Å². The summed E-state index contributed by atoms with van der Waals surface area (Å²) in [6.07, 6.45) is 0. The topological polar surface area (TPSA) is 63.1 Å². The van der Waals surface area contributed by atoms with Gasteiger partial charge in [0.05, 0.1) is 11.1 Å². The Balaban J connectivity index is 1.68. The molecule has 3 heterocycles. The standard InChI is InChI=1S/C31H30FN5O/c1-19(2)24-10-6-7-20(3)28(24)37-30-25(29(35-31(37)38)36-15-13-33-14-16-36)18-26(32)27(34-30)23-12-11-21-8-4-5-9-22(21)17-23/h4-12,17-19,33H,13-16H2,1-3H3. The van der Waals surface area contributed by atoms with Crippen molar-refractivity contribution in [2.75, 3.05) is 31.1 Å². The van der Waals surface area contributed by atoms with Gasteiger partial charge < -0.3 is 10.2 Å². The van der Waals surface area contributed by atoms with Crippen LogP contribution in [0.1, 0.15) is 30.9 Å². The van der Waals surface area contributed by atoms with Gasteiger partial charge in [-0.15, -0.1) is 0 Å². The molecule has 1 saturated heterocycles. The fraction of sp³-hybridized carbons (Fsp3) is 0.258. The Morgan fingerprint density at radius 3 is 2.45 bits per heavy atom. The number of piperazine rings is 1. The van der Waals surface area contributed by atoms with E-state index in [2.05, 4.69) is 24.1 Å². The number of benzene rings is 3. The number of para-hydroxylation sites is 1. The second-order valence-corrected chi connectivity index (χ2v) is 10.2. The summed E-state index contributed by atoms with van der Waals surface area (Å²) in [5.41, 5.74) is 3.61. The van der Waals surface area contributed by atoms with Gasteiger partial charge in [0.2, 0.25) is 0 Å². The van der Waals surface area contributed by atoms with Crippen molar-refractivity contribution in [3.05, 3.63) is 94.2 Å². The molecule has 1 aliphatic heterocycles. The SMILES string of the molecule is Cc1cccc(C(C)C)c1-n1c(=O)nc(N2CCNCC2)c2cc(F)c(-c3ccc4ccccc4c3)nc21. The molecule has 192 valence electrons. The van der Waals surface area contributed by atoms with Crippen LogP contribution in [0, 0.1) is 12.7 Å². The van der Waals surface area contributed by atoms with E-state index in [9.17, 15) is 4.79 Å². The fourth-order valence-electron chi connectivity index (χ4n) is 5.42. The molecule has 7 heteroatoms. The van der Waals surface area contributed by atoms with Gasteiger partial charge in [-0.25, -0.2) is 18.7 Å². The highest BCUT2D eigenvalue weighted by atomic mass is 19.1. The predicted molar refractivity (Wildman–Crippen MR) is 152 cm³/mol. The number of nitrogens with zero attached hydrogens (tertiary/aromatic N) is 4. The van der Waals surface area contributed by atoms with Crippen LogP contribution in [-0.4, -0.2) is 40.7 Å². The molecular formula is C31H30FN5O. The lowest BCUT2D eigenvalue weighted by atomic mass is 9.98. The number of anilines is 1. The van der Waals surface area contributed by atoms with Crippen LogP contribution in [0.5, 0.6) is 0 Å². The number of halogens is 1. The van der Waals surface area contributed by atoms with Crippen LogP contribution in [0.15, 0.2) is 71.5 Å². The highest BCUT2D eigenvalue weighted by Gasteiger charge is 2.24. The third kappa shape index (κ3) is 4.13. The van der Waals surface area contributed by atoms with Crippen molar-refractivity contribution in [1.29, 1.82) is 0 Å². The zero-order valence-corrected chi connectivity index (χ0v) is 21.8. The molecule has 0 atom stereocenters. The number of hydrogen-bond acceptors (Lipinski definition) is 5. The maximum absolute atomic E-state index is 15.9. The zero-order valence-electron chi connectivity index (χ0n) is 21.8. The first-order valence-corrected chi connectivity index (χ1v) is 13.1. The molecular weight excluding hydrogens is 477 g/mol. The van der Waals surface area contributed by atoms with Crippen molar-refractivity contribution in [3.63, 3.8) is 0 Å². The van der Waals surface area contributed by atoms with Crippen molar-refractivity contribution in [2.45, 2.75) is 26.7 Å². The van der Waals surface area contributed by atoms with Crippen LogP contribution < -0.4 is 15.9 Å². The highest BCUT2D eigenvalue weighted by molar-refractivity contribution is 5.92. The maximum Gasteiger partial charge on any atom is 0.355 e. The lowest BCUT2D eigenvalue weighted by molar-refractivity contribution is 0.584. The van der Waals surface area contributed by atoms with Gasteiger partial charge in [-0.2, -0.15) is 4.98 Å². The Morgan fingerprint density at radius 1 is 0.921 bits per heavy atom. The monoisotopic (exact) mass is 507 g/mol. The molecule has 0 aliphatic carbocycles. The molecule has 0 bridgehead atoms. The Morgan fingerprint density at radius 2 is 1.68 bits per heavy atom. The molecule has 0 amide bonds. The first-order valence-electron chi connectivity index (χ1n) is 13.1. The third-order valence-electron chi connectivity index (χ3n) is 7.36. The van der Waals surface area contributed by atoms with Gasteiger partial charge in [0.15, 0.2) is 5.65 Å². The highest BCUT2D eigenvalue weighted by Crippen LogP contribution is 2.33. The van der Waals surface area contributed by atoms with E-state index in [0.717, 1.165) is 40.7 Å². The number of rotatable bonds is 4. The van der Waals surface area contributed by atoms with Crippen LogP contribution in [0.25, 0.3) is 38.8 Å². The summed E-state index contributed by atoms with van der Waals surface area (Å²) in [7, 11) is 0. The number of fused-ring (bicyclic) bond motifs is 2. The average Bonchev–Trinajstić information content (AvgIpc) is 2.93. The van der Waals surface area contributed by atoms with E-state index in [1.807, 2.05) is 72.5 Å². The second kappa shape index (κ2) is 9.65. The summed E-state index contributed by atoms with van der Waals surface area (Å²) in [5, 5.41) is 5.93. The van der Waals surface area contributed by atoms with Crippen molar-refractivity contribution < 1.29 is 4.39 Å². The van der Waals surface area contributed by atoms with Crippen LogP contribution in [-0.2, 0) is 0 Å². The minimum Gasteiger partial charge on any atom is -0.353 e. The van der Waals surface area contributed by atoms with Gasteiger partial charge in [0, 0.05) is 31.7 Å². The lowest BCUT2D eigenvalue weighted by Gasteiger charge is -2.29. The number of pyridine rings is 1. The summed E-state index contributed by atoms with van der Waals surface area (Å²) >= 11 is 0. The van der Waals surface area contributed by atoms with Crippen LogP contribution in [0.2, 0.25) is 0 Å². The molecule has 0 radical (unpaired) electrons. The molecule has 0 unspecified atom stereocenters. The molecule has 3 aromatic carbocycles. The molecule has 0 spiro atoms. The van der Waals surface area contributed by atoms with E-state index >= 15 is 4.39 Å². The van der Waals surface area contributed by atoms with Crippen LogP contribution >= 0.6 is 0 Å². The summed E-state index contributed by atoms with van der Waals surface area (Å²) in [5.74, 6) is 0.212. The second-order valence-electron chi connectivity index (χ2n) is 10.2. The Bertz CT molecular complexity index is 1740. The van der Waals surface area contributed by atoms with E-state index in [0.29, 0.717) is 35.5 Å². The number of aryl methyl sites for hydroxylation is 1. The largest absolute Gasteiger partial charge is 0.355 e. The molecule has 1 N–H and O–H groups in total. The van der Waals surface area contributed by atoms with Gasteiger partial charge >= 0.3 is 5.69 Å². The molecule has 6 nitrogen and oxygen atoms in total. The number of nitrogens with one attached hydrogen (secondary N) is 1. The average molecular weight is 508 g/mol. The molecule has 1 fully saturated rings. The molecule has 2 aromatic heterocycles. The molecule has 5 aromatic rings. The fourth-order valence-corrected chi connectivity index (χ4v) is 5.42. The quantitative estimate of drug-likeness (QED) is 0.344. The van der Waals surface area contributed by atoms with Gasteiger partial charge in [0.25, 0.3) is 0 Å². The van der Waals surface area contributed by atoms with Gasteiger partial charge in [-0.3, -0.25) is 0 Å². The summed E-state index contributed by atoms with van der Waals surface area (Å²) in [4.78, 5) is 25.3. The van der Waals surface area contributed by atoms with E-state index in [4.69, 9.17) is 4.98 Å². The molecule has 38 heavy (non-hydrogen) atoms. The van der Waals surface area contributed by atoms with Crippen LogP contribution in [0.3, 0.4) is 0 Å². The molecule has 1 aliphatic rings. The smallest absolute Gasteiger partial charge is 0.353 e. The lowest BCUT2D eigenvalue weighted by Crippen LogP contribution is -2.45. The maximum atomic E-state index is 15.9. The Hall–Kier alpha value is -4.10. The summed E-state index contributed by atoms with van der Waals surface area (Å²) in [6.45, 7) is 9.09. The van der Waals surface area contributed by atoms with Crippen molar-refractivity contribution in [3.8, 4) is 16.9 Å². The zero-order chi connectivity index (χ0) is 26.4. The third-order valence-corrected chi connectivity index (χ3v) is 7.36. The number of aromatic nitrogens is 3. The van der Waals surface area contributed by atoms with Gasteiger partial charge in [-0.05, 0) is 46.9 Å². The number of hydrogen-bond donors (Lipinski definition) is 1. The first kappa shape index (κ1) is 24.2.